The average Bonchev–Trinajstić information content (AvgIpc) is 2.65. The van der Waals surface area contributed by atoms with E-state index in [1.807, 2.05) is 0 Å². The number of alkyl halides is 6. The summed E-state index contributed by atoms with van der Waals surface area (Å²) in [7, 11) is -3.95. The van der Waals surface area contributed by atoms with E-state index in [9.17, 15) is 39.6 Å². The van der Waals surface area contributed by atoms with Crippen molar-refractivity contribution in [1.82, 2.24) is 4.98 Å². The molecule has 0 saturated heterocycles. The minimum atomic E-state index is -4.67. The monoisotopic (exact) mass is 465 g/mol. The number of halogens is 6. The highest BCUT2D eigenvalue weighted by Crippen LogP contribution is 2.40. The fourth-order valence-corrected chi connectivity index (χ4v) is 5.44. The van der Waals surface area contributed by atoms with Gasteiger partial charge in [0.2, 0.25) is 0 Å². The molecule has 0 unspecified atom stereocenters. The molecule has 11 heteroatoms. The Morgan fingerprint density at radius 1 is 1.00 bits per heavy atom. The number of rotatable bonds is 6. The molecule has 0 spiro atoms. The van der Waals surface area contributed by atoms with Crippen molar-refractivity contribution < 1.29 is 39.6 Å². The first-order valence-corrected chi connectivity index (χ1v) is 10.8. The third-order valence-electron chi connectivity index (χ3n) is 5.27. The number of nitrogens with zero attached hydrogens (tertiary/aromatic N) is 1. The van der Waals surface area contributed by atoms with Crippen LogP contribution < -0.4 is 0 Å². The fraction of sp³-hybridized carbons (Fsp3) is 0.400. The molecule has 4 nitrogen and oxygen atoms in total. The summed E-state index contributed by atoms with van der Waals surface area (Å²) in [4.78, 5) is 15.0. The maximum absolute atomic E-state index is 12.8. The van der Waals surface area contributed by atoms with Gasteiger partial charge < -0.3 is 0 Å². The first-order valence-electron chi connectivity index (χ1n) is 9.26. The largest absolute Gasteiger partial charge is 0.433 e. The highest BCUT2D eigenvalue weighted by Gasteiger charge is 2.40. The van der Waals surface area contributed by atoms with Gasteiger partial charge in [-0.25, -0.2) is 8.42 Å². The second-order valence-corrected chi connectivity index (χ2v) is 9.65. The molecule has 1 fully saturated rings. The Kier molecular flexibility index (Phi) is 6.18. The molecule has 3 rings (SSSR count). The Balaban J connectivity index is 1.58. The lowest BCUT2D eigenvalue weighted by atomic mass is 9.81. The van der Waals surface area contributed by atoms with E-state index in [-0.39, 0.29) is 37.2 Å². The molecule has 0 amide bonds. The molecule has 1 aromatic carbocycles. The molecule has 0 bridgehead atoms. The summed E-state index contributed by atoms with van der Waals surface area (Å²) < 4.78 is 102. The van der Waals surface area contributed by atoms with E-state index >= 15 is 0 Å². The third kappa shape index (κ3) is 5.25. The quantitative estimate of drug-likeness (QED) is 0.427. The van der Waals surface area contributed by atoms with Gasteiger partial charge in [0, 0.05) is 18.2 Å². The van der Waals surface area contributed by atoms with Gasteiger partial charge in [-0.05, 0) is 55.5 Å². The lowest BCUT2D eigenvalue weighted by molar-refractivity contribution is -0.141. The molecule has 0 radical (unpaired) electrons. The van der Waals surface area contributed by atoms with Crippen LogP contribution in [0.3, 0.4) is 0 Å². The molecule has 1 aliphatic carbocycles. The van der Waals surface area contributed by atoms with Crippen LogP contribution in [0.15, 0.2) is 47.5 Å². The molecular weight excluding hydrogens is 448 g/mol. The number of benzene rings is 1. The maximum Gasteiger partial charge on any atom is 0.433 e. The van der Waals surface area contributed by atoms with Crippen LogP contribution in [0.1, 0.15) is 47.3 Å². The molecule has 0 atom stereocenters. The van der Waals surface area contributed by atoms with E-state index in [2.05, 4.69) is 4.98 Å². The molecule has 0 aliphatic heterocycles. The van der Waals surface area contributed by atoms with Crippen molar-refractivity contribution >= 4 is 15.6 Å². The Hall–Kier alpha value is -2.43. The number of sulfone groups is 1. The van der Waals surface area contributed by atoms with Crippen molar-refractivity contribution in [3.05, 3.63) is 59.4 Å². The van der Waals surface area contributed by atoms with E-state index < -0.39 is 49.4 Å². The van der Waals surface area contributed by atoms with Gasteiger partial charge in [-0.3, -0.25) is 9.78 Å². The smallest absolute Gasteiger partial charge is 0.294 e. The molecule has 1 aliphatic rings. The average molecular weight is 465 g/mol. The standard InChI is InChI=1S/C20H17F6NO3S/c21-19(22,23)14-2-1-3-15(11-14)31(29,30)16-8-12(9-16)4-5-17(28)13-6-7-27-18(10-13)20(24,25)26/h1-3,6-7,10-12,16H,4-5,8-9H2. The van der Waals surface area contributed by atoms with Crippen LogP contribution >= 0.6 is 0 Å². The molecule has 1 heterocycles. The number of ketones is 1. The zero-order valence-electron chi connectivity index (χ0n) is 15.9. The minimum Gasteiger partial charge on any atom is -0.294 e. The van der Waals surface area contributed by atoms with Gasteiger partial charge >= 0.3 is 12.4 Å². The zero-order chi connectivity index (χ0) is 23.0. The van der Waals surface area contributed by atoms with Gasteiger partial charge in [0.15, 0.2) is 15.6 Å². The number of carbonyl (C=O) groups is 1. The van der Waals surface area contributed by atoms with Crippen molar-refractivity contribution in [3.63, 3.8) is 0 Å². The number of aromatic nitrogens is 1. The van der Waals surface area contributed by atoms with Gasteiger partial charge in [-0.15, -0.1) is 0 Å². The minimum absolute atomic E-state index is 0.0672. The first kappa shape index (κ1) is 23.2. The lowest BCUT2D eigenvalue weighted by Gasteiger charge is -2.34. The summed E-state index contributed by atoms with van der Waals surface area (Å²) in [6.07, 6.45) is -7.87. The summed E-state index contributed by atoms with van der Waals surface area (Å²) in [6, 6.07) is 5.40. The summed E-state index contributed by atoms with van der Waals surface area (Å²) in [5.74, 6) is -0.671. The van der Waals surface area contributed by atoms with Crippen molar-refractivity contribution in [2.24, 2.45) is 5.92 Å². The Labute approximate surface area is 174 Å². The van der Waals surface area contributed by atoms with Crippen LogP contribution in [0.4, 0.5) is 26.3 Å². The zero-order valence-corrected chi connectivity index (χ0v) is 16.7. The van der Waals surface area contributed by atoms with Gasteiger partial charge in [0.05, 0.1) is 15.7 Å². The number of hydrogen-bond acceptors (Lipinski definition) is 4. The van der Waals surface area contributed by atoms with Crippen molar-refractivity contribution in [1.29, 1.82) is 0 Å². The maximum atomic E-state index is 12.8. The van der Waals surface area contributed by atoms with Crippen LogP contribution in [0.5, 0.6) is 0 Å². The summed E-state index contributed by atoms with van der Waals surface area (Å²) in [6.45, 7) is 0. The van der Waals surface area contributed by atoms with E-state index in [4.69, 9.17) is 0 Å². The normalized spacial score (nSPS) is 19.7. The van der Waals surface area contributed by atoms with Gasteiger partial charge in [-0.1, -0.05) is 6.07 Å². The number of carbonyl (C=O) groups excluding carboxylic acids is 1. The highest BCUT2D eigenvalue weighted by atomic mass is 32.2. The molecule has 168 valence electrons. The predicted molar refractivity (Wildman–Crippen MR) is 97.9 cm³/mol. The van der Waals surface area contributed by atoms with Crippen LogP contribution in [0.2, 0.25) is 0 Å². The van der Waals surface area contributed by atoms with Crippen LogP contribution in [-0.4, -0.2) is 24.4 Å². The number of Topliss-reactive ketones (excluding diaryl/α,β-unsaturated/α-hetero) is 1. The molecule has 1 saturated carbocycles. The third-order valence-corrected chi connectivity index (χ3v) is 7.45. The molecule has 1 aromatic heterocycles. The topological polar surface area (TPSA) is 64.1 Å². The van der Waals surface area contributed by atoms with Crippen molar-refractivity contribution in [3.8, 4) is 0 Å². The number of hydrogen-bond donors (Lipinski definition) is 0. The van der Waals surface area contributed by atoms with Gasteiger partial charge in [0.25, 0.3) is 0 Å². The van der Waals surface area contributed by atoms with E-state index in [1.54, 1.807) is 0 Å². The molecule has 2 aromatic rings. The van der Waals surface area contributed by atoms with Crippen molar-refractivity contribution in [2.75, 3.05) is 0 Å². The van der Waals surface area contributed by atoms with Gasteiger partial charge in [0.1, 0.15) is 5.69 Å². The van der Waals surface area contributed by atoms with E-state index in [0.29, 0.717) is 12.1 Å². The summed E-state index contributed by atoms with van der Waals surface area (Å²) in [5.41, 5.74) is -2.35. The molecular formula is C20H17F6NO3S. The summed E-state index contributed by atoms with van der Waals surface area (Å²) in [5, 5.41) is -0.853. The second kappa shape index (κ2) is 8.25. The van der Waals surface area contributed by atoms with E-state index in [1.165, 1.54) is 6.07 Å². The summed E-state index contributed by atoms with van der Waals surface area (Å²) >= 11 is 0. The molecule has 31 heavy (non-hydrogen) atoms. The Morgan fingerprint density at radius 2 is 1.68 bits per heavy atom. The molecule has 0 N–H and O–H groups in total. The van der Waals surface area contributed by atoms with Gasteiger partial charge in [-0.2, -0.15) is 26.3 Å². The highest BCUT2D eigenvalue weighted by molar-refractivity contribution is 7.92. The Morgan fingerprint density at radius 3 is 2.29 bits per heavy atom. The van der Waals surface area contributed by atoms with Crippen molar-refractivity contribution in [2.45, 2.75) is 48.2 Å². The number of pyridine rings is 1. The predicted octanol–water partition coefficient (Wildman–Crippen LogP) is 5.33. The van der Waals surface area contributed by atoms with Crippen LogP contribution in [0.25, 0.3) is 0 Å². The SMILES string of the molecule is O=C(CCC1CC(S(=O)(=O)c2cccc(C(F)(F)F)c2)C1)c1ccnc(C(F)(F)F)c1. The van der Waals surface area contributed by atoms with Crippen LogP contribution in [-0.2, 0) is 22.2 Å². The lowest BCUT2D eigenvalue weighted by Crippen LogP contribution is -2.36. The van der Waals surface area contributed by atoms with Crippen LogP contribution in [0, 0.1) is 5.92 Å². The van der Waals surface area contributed by atoms with E-state index in [0.717, 1.165) is 24.4 Å². The fourth-order valence-electron chi connectivity index (χ4n) is 3.44. The second-order valence-electron chi connectivity index (χ2n) is 7.42. The first-order chi connectivity index (χ1) is 14.3. The Bertz CT molecular complexity index is 1070.